The van der Waals surface area contributed by atoms with E-state index in [4.69, 9.17) is 17.4 Å². The molecule has 1 aromatic rings. The molecule has 0 spiro atoms. The average Bonchev–Trinajstić information content (AvgIpc) is 2.35. The highest BCUT2D eigenvalue weighted by molar-refractivity contribution is 6.30. The van der Waals surface area contributed by atoms with Crippen molar-refractivity contribution in [3.63, 3.8) is 0 Å². The number of nitrogens with two attached hydrogens (primary N) is 1. The van der Waals surface area contributed by atoms with Gasteiger partial charge in [0.05, 0.1) is 11.1 Å². The van der Waals surface area contributed by atoms with E-state index >= 15 is 0 Å². The molecule has 3 atom stereocenters. The van der Waals surface area contributed by atoms with Gasteiger partial charge in [-0.1, -0.05) is 25.4 Å². The fourth-order valence-corrected chi connectivity index (χ4v) is 3.69. The lowest BCUT2D eigenvalue weighted by Crippen LogP contribution is -2.37. The molecular formula is C15H21ClF2N2. The second-order valence-electron chi connectivity index (χ2n) is 6.11. The third kappa shape index (κ3) is 3.30. The minimum Gasteiger partial charge on any atom is -0.271 e. The van der Waals surface area contributed by atoms with Crippen molar-refractivity contribution in [2.75, 3.05) is 0 Å². The largest absolute Gasteiger partial charge is 0.271 e. The summed E-state index contributed by atoms with van der Waals surface area (Å²) < 4.78 is 27.7. The van der Waals surface area contributed by atoms with Crippen LogP contribution in [0.3, 0.4) is 0 Å². The van der Waals surface area contributed by atoms with E-state index in [-0.39, 0.29) is 22.5 Å². The van der Waals surface area contributed by atoms with Gasteiger partial charge in [0, 0.05) is 5.56 Å². The number of hydrogen-bond donors (Lipinski definition) is 2. The van der Waals surface area contributed by atoms with Crippen LogP contribution in [0.2, 0.25) is 5.02 Å². The highest BCUT2D eigenvalue weighted by Gasteiger charge is 2.32. The van der Waals surface area contributed by atoms with Gasteiger partial charge >= 0.3 is 0 Å². The lowest BCUT2D eigenvalue weighted by Gasteiger charge is -2.36. The fourth-order valence-electron chi connectivity index (χ4n) is 3.54. The van der Waals surface area contributed by atoms with Gasteiger partial charge in [-0.15, -0.1) is 0 Å². The lowest BCUT2D eigenvalue weighted by atomic mass is 9.72. The predicted molar refractivity (Wildman–Crippen MR) is 77.1 cm³/mol. The first kappa shape index (κ1) is 15.7. The van der Waals surface area contributed by atoms with E-state index in [1.807, 2.05) is 0 Å². The summed E-state index contributed by atoms with van der Waals surface area (Å²) in [5.41, 5.74) is 2.93. The van der Waals surface area contributed by atoms with Crippen LogP contribution in [-0.2, 0) is 0 Å². The van der Waals surface area contributed by atoms with Crippen LogP contribution in [0.4, 0.5) is 8.78 Å². The number of hydrogen-bond acceptors (Lipinski definition) is 2. The molecule has 0 radical (unpaired) electrons. The molecule has 0 saturated heterocycles. The Balaban J connectivity index is 2.30. The summed E-state index contributed by atoms with van der Waals surface area (Å²) in [7, 11) is 0. The van der Waals surface area contributed by atoms with Gasteiger partial charge in [-0.3, -0.25) is 11.3 Å². The molecule has 0 bridgehead atoms. The van der Waals surface area contributed by atoms with Crippen LogP contribution in [0.5, 0.6) is 0 Å². The van der Waals surface area contributed by atoms with Gasteiger partial charge in [-0.25, -0.2) is 8.78 Å². The Morgan fingerprint density at radius 2 is 1.75 bits per heavy atom. The van der Waals surface area contributed by atoms with Gasteiger partial charge in [0.1, 0.15) is 11.6 Å². The Morgan fingerprint density at radius 3 is 2.30 bits per heavy atom. The first-order valence-electron chi connectivity index (χ1n) is 7.03. The van der Waals surface area contributed by atoms with E-state index in [9.17, 15) is 8.78 Å². The third-order valence-electron chi connectivity index (χ3n) is 4.24. The molecule has 1 saturated carbocycles. The maximum absolute atomic E-state index is 14.1. The smallest absolute Gasteiger partial charge is 0.142 e. The van der Waals surface area contributed by atoms with Crippen molar-refractivity contribution in [1.29, 1.82) is 0 Å². The van der Waals surface area contributed by atoms with Crippen molar-refractivity contribution in [2.45, 2.75) is 39.2 Å². The van der Waals surface area contributed by atoms with Crippen molar-refractivity contribution in [3.8, 4) is 0 Å². The first-order chi connectivity index (χ1) is 9.42. The van der Waals surface area contributed by atoms with E-state index in [1.165, 1.54) is 6.42 Å². The van der Waals surface area contributed by atoms with E-state index in [0.717, 1.165) is 25.0 Å². The molecule has 3 unspecified atom stereocenters. The van der Waals surface area contributed by atoms with Gasteiger partial charge < -0.3 is 0 Å². The molecule has 0 aliphatic heterocycles. The van der Waals surface area contributed by atoms with E-state index in [2.05, 4.69) is 19.3 Å². The molecule has 1 aliphatic carbocycles. The molecule has 0 heterocycles. The molecule has 0 aromatic heterocycles. The highest BCUT2D eigenvalue weighted by Crippen LogP contribution is 2.40. The maximum atomic E-state index is 14.1. The van der Waals surface area contributed by atoms with Gasteiger partial charge in [0.15, 0.2) is 0 Å². The molecule has 2 rings (SSSR count). The molecule has 20 heavy (non-hydrogen) atoms. The maximum Gasteiger partial charge on any atom is 0.142 e. The second kappa shape index (κ2) is 6.37. The third-order valence-corrected chi connectivity index (χ3v) is 4.53. The van der Waals surface area contributed by atoms with E-state index < -0.39 is 11.6 Å². The lowest BCUT2D eigenvalue weighted by molar-refractivity contribution is 0.175. The van der Waals surface area contributed by atoms with Crippen molar-refractivity contribution in [1.82, 2.24) is 5.43 Å². The van der Waals surface area contributed by atoms with Gasteiger partial charge in [0.25, 0.3) is 0 Å². The Bertz CT molecular complexity index is 471. The minimum atomic E-state index is -0.611. The van der Waals surface area contributed by atoms with Crippen LogP contribution in [0, 0.1) is 29.4 Å². The number of halogens is 3. The summed E-state index contributed by atoms with van der Waals surface area (Å²) in [4.78, 5) is 0. The highest BCUT2D eigenvalue weighted by atomic mass is 35.5. The summed E-state index contributed by atoms with van der Waals surface area (Å²) >= 11 is 5.60. The SMILES string of the molecule is CC1CC(C)CC(C(NN)c2cc(F)c(Cl)cc2F)C1. The zero-order chi connectivity index (χ0) is 14.9. The van der Waals surface area contributed by atoms with Gasteiger partial charge in [-0.2, -0.15) is 0 Å². The number of hydrazine groups is 1. The molecule has 1 aliphatic rings. The van der Waals surface area contributed by atoms with Crippen LogP contribution >= 0.6 is 11.6 Å². The van der Waals surface area contributed by atoms with E-state index in [0.29, 0.717) is 11.8 Å². The number of rotatable bonds is 3. The van der Waals surface area contributed by atoms with Crippen LogP contribution in [-0.4, -0.2) is 0 Å². The zero-order valence-corrected chi connectivity index (χ0v) is 12.6. The van der Waals surface area contributed by atoms with Crippen molar-refractivity contribution in [3.05, 3.63) is 34.4 Å². The van der Waals surface area contributed by atoms with Crippen LogP contribution in [0.15, 0.2) is 12.1 Å². The number of benzene rings is 1. The second-order valence-corrected chi connectivity index (χ2v) is 6.52. The molecule has 3 N–H and O–H groups in total. The van der Waals surface area contributed by atoms with Crippen molar-refractivity contribution in [2.24, 2.45) is 23.6 Å². The van der Waals surface area contributed by atoms with Crippen LogP contribution in [0.25, 0.3) is 0 Å². The minimum absolute atomic E-state index is 0.201. The molecule has 112 valence electrons. The fraction of sp³-hybridized carbons (Fsp3) is 0.600. The number of nitrogens with one attached hydrogen (secondary N) is 1. The summed E-state index contributed by atoms with van der Waals surface area (Å²) in [5.74, 6) is 5.83. The monoisotopic (exact) mass is 302 g/mol. The van der Waals surface area contributed by atoms with Gasteiger partial charge in [0.2, 0.25) is 0 Å². The molecule has 2 nitrogen and oxygen atoms in total. The van der Waals surface area contributed by atoms with Crippen LogP contribution in [0.1, 0.15) is 44.7 Å². The Labute approximate surface area is 123 Å². The molecule has 5 heteroatoms. The van der Waals surface area contributed by atoms with Gasteiger partial charge in [-0.05, 0) is 49.1 Å². The topological polar surface area (TPSA) is 38.0 Å². The summed E-state index contributed by atoms with van der Waals surface area (Å²) in [5, 5.41) is -0.201. The Hall–Kier alpha value is -0.710. The Morgan fingerprint density at radius 1 is 1.15 bits per heavy atom. The summed E-state index contributed by atoms with van der Waals surface area (Å²) in [6.07, 6.45) is 3.09. The quantitative estimate of drug-likeness (QED) is 0.499. The Kier molecular flexibility index (Phi) is 4.99. The van der Waals surface area contributed by atoms with Crippen molar-refractivity contribution < 1.29 is 8.78 Å². The normalized spacial score (nSPS) is 28.4. The first-order valence-corrected chi connectivity index (χ1v) is 7.40. The van der Waals surface area contributed by atoms with E-state index in [1.54, 1.807) is 0 Å². The summed E-state index contributed by atoms with van der Waals surface area (Å²) in [6.45, 7) is 4.38. The average molecular weight is 303 g/mol. The zero-order valence-electron chi connectivity index (χ0n) is 11.8. The van der Waals surface area contributed by atoms with Crippen LogP contribution < -0.4 is 11.3 Å². The molecule has 1 fully saturated rings. The molecular weight excluding hydrogens is 282 g/mol. The molecule has 0 amide bonds. The predicted octanol–water partition coefficient (Wildman–Crippen LogP) is 4.19. The molecule has 1 aromatic carbocycles. The summed E-state index contributed by atoms with van der Waals surface area (Å²) in [6, 6.07) is 1.80. The van der Waals surface area contributed by atoms with Crippen molar-refractivity contribution >= 4 is 11.6 Å². The standard InChI is InChI=1S/C15H21ClF2N2/c1-8-3-9(2)5-10(4-8)15(20-19)11-6-14(18)12(16)7-13(11)17/h6-10,15,20H,3-5,19H2,1-2H3.